The van der Waals surface area contributed by atoms with E-state index in [-0.39, 0.29) is 23.7 Å². The van der Waals surface area contributed by atoms with E-state index in [1.165, 1.54) is 6.07 Å². The van der Waals surface area contributed by atoms with Crippen LogP contribution in [0, 0.1) is 5.92 Å². The minimum atomic E-state index is -0.236. The highest BCUT2D eigenvalue weighted by Crippen LogP contribution is 2.33. The Hall–Kier alpha value is -2.08. The van der Waals surface area contributed by atoms with Gasteiger partial charge in [0, 0.05) is 6.61 Å². The predicted molar refractivity (Wildman–Crippen MR) is 77.2 cm³/mol. The maximum Gasteiger partial charge on any atom is 0.261 e. The van der Waals surface area contributed by atoms with Crippen LogP contribution in [-0.4, -0.2) is 29.0 Å². The largest absolute Gasteiger partial charge is 0.507 e. The Labute approximate surface area is 123 Å². The maximum atomic E-state index is 9.93. The second-order valence-corrected chi connectivity index (χ2v) is 4.96. The van der Waals surface area contributed by atoms with Crippen LogP contribution in [0.3, 0.4) is 0 Å². The standard InChI is InChI=1S/C15H20N2O4/c1-5-20-13(9(2)3)14-16-15(21-17-14)11-8-10(19-4)6-7-12(11)18/h6-9,13,18H,5H2,1-4H3. The molecule has 0 bridgehead atoms. The molecule has 6 nitrogen and oxygen atoms in total. The summed E-state index contributed by atoms with van der Waals surface area (Å²) in [7, 11) is 1.55. The molecule has 1 atom stereocenters. The highest BCUT2D eigenvalue weighted by Gasteiger charge is 2.23. The van der Waals surface area contributed by atoms with Crippen LogP contribution in [0.25, 0.3) is 11.5 Å². The number of phenolic OH excluding ortho intramolecular Hbond substituents is 1. The Balaban J connectivity index is 2.35. The molecule has 0 saturated heterocycles. The number of benzene rings is 1. The number of nitrogens with zero attached hydrogens (tertiary/aromatic N) is 2. The summed E-state index contributed by atoms with van der Waals surface area (Å²) < 4.78 is 16.0. The highest BCUT2D eigenvalue weighted by molar-refractivity contribution is 5.64. The Morgan fingerprint density at radius 2 is 2.10 bits per heavy atom. The van der Waals surface area contributed by atoms with E-state index in [9.17, 15) is 5.11 Å². The van der Waals surface area contributed by atoms with E-state index < -0.39 is 0 Å². The number of hydrogen-bond acceptors (Lipinski definition) is 6. The normalized spacial score (nSPS) is 12.6. The van der Waals surface area contributed by atoms with Gasteiger partial charge in [-0.25, -0.2) is 0 Å². The zero-order valence-corrected chi connectivity index (χ0v) is 12.7. The number of hydrogen-bond donors (Lipinski definition) is 1. The Morgan fingerprint density at radius 1 is 1.33 bits per heavy atom. The van der Waals surface area contributed by atoms with Crippen molar-refractivity contribution in [2.24, 2.45) is 5.92 Å². The van der Waals surface area contributed by atoms with Gasteiger partial charge in [-0.2, -0.15) is 4.98 Å². The fourth-order valence-corrected chi connectivity index (χ4v) is 2.02. The Kier molecular flexibility index (Phi) is 4.80. The number of rotatable bonds is 6. The molecule has 0 amide bonds. The average Bonchev–Trinajstić information content (AvgIpc) is 2.94. The first-order chi connectivity index (χ1) is 10.1. The minimum absolute atomic E-state index is 0.0588. The summed E-state index contributed by atoms with van der Waals surface area (Å²) >= 11 is 0. The summed E-state index contributed by atoms with van der Waals surface area (Å²) in [6, 6.07) is 4.84. The van der Waals surface area contributed by atoms with Gasteiger partial charge in [0.25, 0.3) is 5.89 Å². The van der Waals surface area contributed by atoms with Gasteiger partial charge in [-0.3, -0.25) is 0 Å². The molecule has 2 aromatic rings. The molecule has 0 spiro atoms. The van der Waals surface area contributed by atoms with Crippen LogP contribution in [0.2, 0.25) is 0 Å². The smallest absolute Gasteiger partial charge is 0.261 e. The van der Waals surface area contributed by atoms with Crippen LogP contribution in [-0.2, 0) is 4.74 Å². The van der Waals surface area contributed by atoms with E-state index in [1.807, 2.05) is 20.8 Å². The van der Waals surface area contributed by atoms with Crippen molar-refractivity contribution >= 4 is 0 Å². The van der Waals surface area contributed by atoms with Gasteiger partial charge in [0.05, 0.1) is 12.7 Å². The van der Waals surface area contributed by atoms with Crippen molar-refractivity contribution in [2.45, 2.75) is 26.9 Å². The molecule has 1 aromatic carbocycles. The molecular formula is C15H20N2O4. The quantitative estimate of drug-likeness (QED) is 0.881. The van der Waals surface area contributed by atoms with Gasteiger partial charge in [0.15, 0.2) is 0 Å². The van der Waals surface area contributed by atoms with Crippen molar-refractivity contribution in [2.75, 3.05) is 13.7 Å². The predicted octanol–water partition coefficient (Wildman–Crippen LogP) is 3.18. The lowest BCUT2D eigenvalue weighted by atomic mass is 10.1. The van der Waals surface area contributed by atoms with E-state index in [2.05, 4.69) is 10.1 Å². The molecule has 1 aromatic heterocycles. The Bertz CT molecular complexity index is 595. The maximum absolute atomic E-state index is 9.93. The summed E-state index contributed by atoms with van der Waals surface area (Å²) in [5.41, 5.74) is 0.437. The van der Waals surface area contributed by atoms with Gasteiger partial charge in [0.2, 0.25) is 5.82 Å². The molecule has 114 valence electrons. The fraction of sp³-hybridized carbons (Fsp3) is 0.467. The molecule has 1 N–H and O–H groups in total. The average molecular weight is 292 g/mol. The third-order valence-corrected chi connectivity index (χ3v) is 3.08. The summed E-state index contributed by atoms with van der Waals surface area (Å²) in [6.45, 7) is 6.54. The number of phenols is 1. The van der Waals surface area contributed by atoms with Crippen molar-refractivity contribution in [3.63, 3.8) is 0 Å². The molecular weight excluding hydrogens is 272 g/mol. The number of aromatic hydroxyl groups is 1. The van der Waals surface area contributed by atoms with Gasteiger partial charge >= 0.3 is 0 Å². The number of aromatic nitrogens is 2. The molecule has 0 saturated carbocycles. The molecule has 21 heavy (non-hydrogen) atoms. The third kappa shape index (κ3) is 3.33. The lowest BCUT2D eigenvalue weighted by molar-refractivity contribution is 0.0217. The SMILES string of the molecule is CCOC(c1noc(-c2cc(OC)ccc2O)n1)C(C)C. The second-order valence-electron chi connectivity index (χ2n) is 4.96. The lowest BCUT2D eigenvalue weighted by Crippen LogP contribution is -2.12. The van der Waals surface area contributed by atoms with E-state index in [0.29, 0.717) is 23.7 Å². The molecule has 0 aliphatic rings. The van der Waals surface area contributed by atoms with Crippen molar-refractivity contribution in [1.82, 2.24) is 10.1 Å². The van der Waals surface area contributed by atoms with Crippen LogP contribution in [0.1, 0.15) is 32.7 Å². The van der Waals surface area contributed by atoms with E-state index in [4.69, 9.17) is 14.0 Å². The molecule has 6 heteroatoms. The lowest BCUT2D eigenvalue weighted by Gasteiger charge is -2.16. The first-order valence-electron chi connectivity index (χ1n) is 6.89. The number of ether oxygens (including phenoxy) is 2. The number of methoxy groups -OCH3 is 1. The van der Waals surface area contributed by atoms with Gasteiger partial charge in [-0.15, -0.1) is 0 Å². The van der Waals surface area contributed by atoms with Crippen molar-refractivity contribution in [3.05, 3.63) is 24.0 Å². The molecule has 0 radical (unpaired) electrons. The van der Waals surface area contributed by atoms with Crippen LogP contribution >= 0.6 is 0 Å². The zero-order valence-electron chi connectivity index (χ0n) is 12.7. The molecule has 2 rings (SSSR count). The summed E-state index contributed by atoms with van der Waals surface area (Å²) in [5.74, 6) is 1.60. The summed E-state index contributed by atoms with van der Waals surface area (Å²) in [4.78, 5) is 4.34. The van der Waals surface area contributed by atoms with Gasteiger partial charge < -0.3 is 19.1 Å². The van der Waals surface area contributed by atoms with Crippen LogP contribution in [0.4, 0.5) is 0 Å². The summed E-state index contributed by atoms with van der Waals surface area (Å²) in [6.07, 6.45) is -0.236. The topological polar surface area (TPSA) is 77.6 Å². The van der Waals surface area contributed by atoms with Crippen LogP contribution in [0.15, 0.2) is 22.7 Å². The van der Waals surface area contributed by atoms with Crippen molar-refractivity contribution in [1.29, 1.82) is 0 Å². The highest BCUT2D eigenvalue weighted by atomic mass is 16.5. The molecule has 0 fully saturated rings. The van der Waals surface area contributed by atoms with Gasteiger partial charge in [-0.1, -0.05) is 19.0 Å². The molecule has 0 aliphatic carbocycles. The van der Waals surface area contributed by atoms with Crippen molar-refractivity contribution in [3.8, 4) is 23.0 Å². The first-order valence-corrected chi connectivity index (χ1v) is 6.89. The van der Waals surface area contributed by atoms with E-state index >= 15 is 0 Å². The molecule has 1 unspecified atom stereocenters. The molecule has 0 aliphatic heterocycles. The monoisotopic (exact) mass is 292 g/mol. The van der Waals surface area contributed by atoms with Gasteiger partial charge in [0.1, 0.15) is 17.6 Å². The summed E-state index contributed by atoms with van der Waals surface area (Å²) in [5, 5.41) is 13.9. The second kappa shape index (κ2) is 6.58. The Morgan fingerprint density at radius 3 is 2.71 bits per heavy atom. The minimum Gasteiger partial charge on any atom is -0.507 e. The van der Waals surface area contributed by atoms with Crippen LogP contribution < -0.4 is 4.74 Å². The van der Waals surface area contributed by atoms with E-state index in [1.54, 1.807) is 19.2 Å². The molecule has 1 heterocycles. The first kappa shape index (κ1) is 15.3. The fourth-order valence-electron chi connectivity index (χ4n) is 2.02. The van der Waals surface area contributed by atoms with E-state index in [0.717, 1.165) is 0 Å². The third-order valence-electron chi connectivity index (χ3n) is 3.08. The van der Waals surface area contributed by atoms with Gasteiger partial charge in [-0.05, 0) is 31.0 Å². The van der Waals surface area contributed by atoms with Crippen LogP contribution in [0.5, 0.6) is 11.5 Å². The zero-order chi connectivity index (χ0) is 15.4. The van der Waals surface area contributed by atoms with Crippen molar-refractivity contribution < 1.29 is 19.1 Å².